The van der Waals surface area contributed by atoms with Crippen molar-refractivity contribution >= 4 is 0 Å². The van der Waals surface area contributed by atoms with Gasteiger partial charge in [-0.25, -0.2) is 0 Å². The molecular formula is C27H49N. The fraction of sp³-hybridized carbons (Fsp3) is 0.778. The van der Waals surface area contributed by atoms with Crippen molar-refractivity contribution in [2.75, 3.05) is 6.54 Å². The van der Waals surface area contributed by atoms with Crippen molar-refractivity contribution in [3.63, 3.8) is 0 Å². The van der Waals surface area contributed by atoms with Crippen LogP contribution in [0.15, 0.2) is 18.2 Å². The van der Waals surface area contributed by atoms with Crippen LogP contribution < -0.4 is 5.32 Å². The smallest absolute Gasteiger partial charge is 0.0380 e. The topological polar surface area (TPSA) is 12.0 Å². The van der Waals surface area contributed by atoms with E-state index in [4.69, 9.17) is 0 Å². The molecule has 0 unspecified atom stereocenters. The summed E-state index contributed by atoms with van der Waals surface area (Å²) in [6.07, 6.45) is 19.9. The first-order chi connectivity index (χ1) is 13.5. The standard InChI is InChI=1S/C27H49N/c1-6-7-8-9-10-11-12-13-14-15-16-17-18-19-23-28-27(4,5)26-22-20-21-24(2)25(26)3/h20-22,28H,6-19,23H2,1-5H3. The fourth-order valence-corrected chi connectivity index (χ4v) is 4.24. The second-order valence-corrected chi connectivity index (χ2v) is 9.40. The van der Waals surface area contributed by atoms with Crippen molar-refractivity contribution in [2.45, 2.75) is 130 Å². The lowest BCUT2D eigenvalue weighted by atomic mass is 9.88. The van der Waals surface area contributed by atoms with Crippen LogP contribution >= 0.6 is 0 Å². The van der Waals surface area contributed by atoms with Gasteiger partial charge in [0.15, 0.2) is 0 Å². The van der Waals surface area contributed by atoms with Crippen molar-refractivity contribution in [2.24, 2.45) is 0 Å². The average Bonchev–Trinajstić information content (AvgIpc) is 2.67. The van der Waals surface area contributed by atoms with E-state index in [0.29, 0.717) is 0 Å². The molecule has 0 bridgehead atoms. The maximum absolute atomic E-state index is 3.79. The van der Waals surface area contributed by atoms with Gasteiger partial charge in [-0.1, -0.05) is 109 Å². The minimum atomic E-state index is 0.0621. The first-order valence-electron chi connectivity index (χ1n) is 12.3. The molecule has 1 aromatic rings. The van der Waals surface area contributed by atoms with Crippen LogP contribution in [0.1, 0.15) is 127 Å². The summed E-state index contributed by atoms with van der Waals surface area (Å²) in [7, 11) is 0. The predicted octanol–water partition coefficient (Wildman–Crippen LogP) is 8.61. The maximum Gasteiger partial charge on any atom is 0.0380 e. The van der Waals surface area contributed by atoms with Crippen molar-refractivity contribution in [3.8, 4) is 0 Å². The van der Waals surface area contributed by atoms with Gasteiger partial charge in [0.05, 0.1) is 0 Å². The highest BCUT2D eigenvalue weighted by Crippen LogP contribution is 2.25. The number of benzene rings is 1. The molecule has 0 amide bonds. The average molecular weight is 388 g/mol. The first-order valence-corrected chi connectivity index (χ1v) is 12.3. The molecule has 0 spiro atoms. The molecule has 0 saturated heterocycles. The molecule has 0 heterocycles. The fourth-order valence-electron chi connectivity index (χ4n) is 4.24. The summed E-state index contributed by atoms with van der Waals surface area (Å²) in [4.78, 5) is 0. The first kappa shape index (κ1) is 25.2. The van der Waals surface area contributed by atoms with Gasteiger partial charge in [-0.2, -0.15) is 0 Å². The molecular weight excluding hydrogens is 338 g/mol. The summed E-state index contributed by atoms with van der Waals surface area (Å²) in [6, 6.07) is 6.68. The summed E-state index contributed by atoms with van der Waals surface area (Å²) in [6.45, 7) is 12.5. The van der Waals surface area contributed by atoms with Crippen LogP contribution in [0.25, 0.3) is 0 Å². The Bertz CT molecular complexity index is 503. The summed E-state index contributed by atoms with van der Waals surface area (Å²) in [5.74, 6) is 0. The van der Waals surface area contributed by atoms with Crippen molar-refractivity contribution in [1.29, 1.82) is 0 Å². The predicted molar refractivity (Wildman–Crippen MR) is 127 cm³/mol. The van der Waals surface area contributed by atoms with Gasteiger partial charge in [0.25, 0.3) is 0 Å². The van der Waals surface area contributed by atoms with E-state index < -0.39 is 0 Å². The van der Waals surface area contributed by atoms with E-state index in [-0.39, 0.29) is 5.54 Å². The molecule has 28 heavy (non-hydrogen) atoms. The zero-order chi connectivity index (χ0) is 20.7. The Morgan fingerprint density at radius 2 is 1.14 bits per heavy atom. The van der Waals surface area contributed by atoms with E-state index in [0.717, 1.165) is 6.54 Å². The number of unbranched alkanes of at least 4 members (excludes halogenated alkanes) is 13. The third-order valence-corrected chi connectivity index (χ3v) is 6.38. The maximum atomic E-state index is 3.79. The molecule has 1 aromatic carbocycles. The Morgan fingerprint density at radius 3 is 1.64 bits per heavy atom. The van der Waals surface area contributed by atoms with Gasteiger partial charge in [-0.3, -0.25) is 0 Å². The third-order valence-electron chi connectivity index (χ3n) is 6.38. The van der Waals surface area contributed by atoms with Gasteiger partial charge < -0.3 is 5.32 Å². The van der Waals surface area contributed by atoms with Gasteiger partial charge in [0.2, 0.25) is 0 Å². The van der Waals surface area contributed by atoms with E-state index in [1.54, 1.807) is 0 Å². The minimum Gasteiger partial charge on any atom is -0.308 e. The van der Waals surface area contributed by atoms with Crippen LogP contribution in [0.3, 0.4) is 0 Å². The van der Waals surface area contributed by atoms with Crippen LogP contribution in [-0.2, 0) is 5.54 Å². The van der Waals surface area contributed by atoms with Crippen LogP contribution in [0.2, 0.25) is 0 Å². The molecule has 0 atom stereocenters. The normalized spacial score (nSPS) is 11.9. The third kappa shape index (κ3) is 10.6. The number of aryl methyl sites for hydroxylation is 1. The van der Waals surface area contributed by atoms with E-state index in [9.17, 15) is 0 Å². The lowest BCUT2D eigenvalue weighted by Gasteiger charge is -2.29. The van der Waals surface area contributed by atoms with Crippen LogP contribution in [0.4, 0.5) is 0 Å². The highest BCUT2D eigenvalue weighted by molar-refractivity contribution is 5.37. The Kier molecular flexibility index (Phi) is 13.6. The quantitative estimate of drug-likeness (QED) is 0.264. The molecule has 1 N–H and O–H groups in total. The zero-order valence-electron chi connectivity index (χ0n) is 19.8. The van der Waals surface area contributed by atoms with E-state index in [1.165, 1.54) is 107 Å². The van der Waals surface area contributed by atoms with Crippen LogP contribution in [-0.4, -0.2) is 6.54 Å². The summed E-state index contributed by atoms with van der Waals surface area (Å²) < 4.78 is 0. The molecule has 0 aliphatic heterocycles. The highest BCUT2D eigenvalue weighted by atomic mass is 14.9. The summed E-state index contributed by atoms with van der Waals surface area (Å²) in [5.41, 5.74) is 4.33. The van der Waals surface area contributed by atoms with E-state index >= 15 is 0 Å². The second-order valence-electron chi connectivity index (χ2n) is 9.40. The second kappa shape index (κ2) is 15.1. The van der Waals surface area contributed by atoms with Crippen LogP contribution in [0, 0.1) is 13.8 Å². The molecule has 0 aliphatic rings. The van der Waals surface area contributed by atoms with Gasteiger partial charge in [-0.05, 0) is 57.4 Å². The Morgan fingerprint density at radius 1 is 0.679 bits per heavy atom. The molecule has 162 valence electrons. The Hall–Kier alpha value is -0.820. The molecule has 0 aliphatic carbocycles. The number of hydrogen-bond donors (Lipinski definition) is 1. The highest BCUT2D eigenvalue weighted by Gasteiger charge is 2.21. The largest absolute Gasteiger partial charge is 0.308 e. The lowest BCUT2D eigenvalue weighted by Crippen LogP contribution is -2.37. The van der Waals surface area contributed by atoms with E-state index in [2.05, 4.69) is 58.1 Å². The van der Waals surface area contributed by atoms with Crippen molar-refractivity contribution < 1.29 is 0 Å². The lowest BCUT2D eigenvalue weighted by molar-refractivity contribution is 0.392. The number of rotatable bonds is 17. The molecule has 0 radical (unpaired) electrons. The van der Waals surface area contributed by atoms with Gasteiger partial charge in [0, 0.05) is 5.54 Å². The molecule has 0 saturated carbocycles. The minimum absolute atomic E-state index is 0.0621. The Balaban J connectivity index is 1.97. The molecule has 1 rings (SSSR count). The summed E-state index contributed by atoms with van der Waals surface area (Å²) in [5, 5.41) is 3.79. The van der Waals surface area contributed by atoms with Gasteiger partial charge >= 0.3 is 0 Å². The molecule has 0 aromatic heterocycles. The number of nitrogens with one attached hydrogen (secondary N) is 1. The zero-order valence-corrected chi connectivity index (χ0v) is 19.8. The molecule has 1 nitrogen and oxygen atoms in total. The number of hydrogen-bond acceptors (Lipinski definition) is 1. The van der Waals surface area contributed by atoms with Gasteiger partial charge in [0.1, 0.15) is 0 Å². The van der Waals surface area contributed by atoms with Crippen molar-refractivity contribution in [3.05, 3.63) is 34.9 Å². The van der Waals surface area contributed by atoms with Crippen molar-refractivity contribution in [1.82, 2.24) is 5.32 Å². The SMILES string of the molecule is CCCCCCCCCCCCCCCCNC(C)(C)c1cccc(C)c1C. The monoisotopic (exact) mass is 387 g/mol. The van der Waals surface area contributed by atoms with Gasteiger partial charge in [-0.15, -0.1) is 0 Å². The van der Waals surface area contributed by atoms with Crippen LogP contribution in [0.5, 0.6) is 0 Å². The Labute approximate surface area is 177 Å². The van der Waals surface area contributed by atoms with E-state index in [1.807, 2.05) is 0 Å². The molecule has 1 heteroatoms. The summed E-state index contributed by atoms with van der Waals surface area (Å²) >= 11 is 0. The molecule has 0 fully saturated rings.